The minimum Gasteiger partial charge on any atom is -0.496 e. The molecule has 0 atom stereocenters. The highest BCUT2D eigenvalue weighted by Gasteiger charge is 2.29. The van der Waals surface area contributed by atoms with E-state index in [1.54, 1.807) is 19.2 Å². The third-order valence-corrected chi connectivity index (χ3v) is 6.74. The maximum atomic E-state index is 13.4. The molecule has 2 aromatic rings. The zero-order valence-corrected chi connectivity index (χ0v) is 16.7. The van der Waals surface area contributed by atoms with E-state index in [0.717, 1.165) is 11.6 Å². The van der Waals surface area contributed by atoms with Gasteiger partial charge in [-0.05, 0) is 43.3 Å². The van der Waals surface area contributed by atoms with E-state index in [1.165, 1.54) is 29.4 Å². The van der Waals surface area contributed by atoms with Gasteiger partial charge in [-0.3, -0.25) is 9.69 Å². The van der Waals surface area contributed by atoms with Gasteiger partial charge in [-0.1, -0.05) is 6.07 Å². The number of hydrogen-bond acceptors (Lipinski definition) is 5. The Kier molecular flexibility index (Phi) is 6.12. The number of sulfonamides is 1. The summed E-state index contributed by atoms with van der Waals surface area (Å²) in [6, 6.07) is 10.4. The van der Waals surface area contributed by atoms with Crippen LogP contribution in [0.4, 0.5) is 4.39 Å². The highest BCUT2D eigenvalue weighted by molar-refractivity contribution is 7.89. The molecule has 2 aromatic carbocycles. The van der Waals surface area contributed by atoms with Gasteiger partial charge in [0, 0.05) is 43.9 Å². The van der Waals surface area contributed by atoms with Crippen LogP contribution in [0, 0.1) is 5.82 Å². The second-order valence-electron chi connectivity index (χ2n) is 6.72. The topological polar surface area (TPSA) is 66.9 Å². The minimum atomic E-state index is -3.71. The van der Waals surface area contributed by atoms with E-state index in [-0.39, 0.29) is 10.7 Å². The summed E-state index contributed by atoms with van der Waals surface area (Å²) in [5, 5.41) is 0. The van der Waals surface area contributed by atoms with Gasteiger partial charge in [0.25, 0.3) is 0 Å². The summed E-state index contributed by atoms with van der Waals surface area (Å²) in [4.78, 5) is 13.7. The van der Waals surface area contributed by atoms with Gasteiger partial charge in [0.05, 0.1) is 12.0 Å². The van der Waals surface area contributed by atoms with Crippen LogP contribution in [0.3, 0.4) is 0 Å². The summed E-state index contributed by atoms with van der Waals surface area (Å²) in [6.07, 6.45) is 0. The van der Waals surface area contributed by atoms with Crippen molar-refractivity contribution in [3.63, 3.8) is 0 Å². The largest absolute Gasteiger partial charge is 0.496 e. The molecule has 28 heavy (non-hydrogen) atoms. The third kappa shape index (κ3) is 4.40. The average Bonchev–Trinajstić information content (AvgIpc) is 2.68. The van der Waals surface area contributed by atoms with Gasteiger partial charge >= 0.3 is 0 Å². The Labute approximate surface area is 164 Å². The number of halogens is 1. The Bertz CT molecular complexity index is 970. The van der Waals surface area contributed by atoms with Crippen molar-refractivity contribution in [2.24, 2.45) is 0 Å². The average molecular weight is 406 g/mol. The summed E-state index contributed by atoms with van der Waals surface area (Å²) in [6.45, 7) is 3.75. The molecule has 0 saturated carbocycles. The zero-order chi connectivity index (χ0) is 20.3. The second-order valence-corrected chi connectivity index (χ2v) is 8.66. The molecular formula is C20H23FN2O4S. The van der Waals surface area contributed by atoms with Crippen molar-refractivity contribution < 1.29 is 22.3 Å². The molecule has 0 N–H and O–H groups in total. The molecule has 0 spiro atoms. The first-order valence-electron chi connectivity index (χ1n) is 8.97. The van der Waals surface area contributed by atoms with Crippen LogP contribution in [-0.2, 0) is 16.6 Å². The van der Waals surface area contributed by atoms with Crippen LogP contribution in [0.1, 0.15) is 22.8 Å². The maximum Gasteiger partial charge on any atom is 0.243 e. The second kappa shape index (κ2) is 8.38. The fraction of sp³-hybridized carbons (Fsp3) is 0.350. The predicted molar refractivity (Wildman–Crippen MR) is 103 cm³/mol. The van der Waals surface area contributed by atoms with Crippen LogP contribution in [-0.4, -0.2) is 56.7 Å². The highest BCUT2D eigenvalue weighted by atomic mass is 32.2. The molecule has 1 aliphatic rings. The van der Waals surface area contributed by atoms with Gasteiger partial charge in [0.2, 0.25) is 10.0 Å². The van der Waals surface area contributed by atoms with E-state index in [9.17, 15) is 17.6 Å². The third-order valence-electron chi connectivity index (χ3n) is 4.85. The lowest BCUT2D eigenvalue weighted by Gasteiger charge is -2.34. The number of piperazine rings is 1. The van der Waals surface area contributed by atoms with E-state index >= 15 is 0 Å². The molecule has 0 radical (unpaired) electrons. The number of hydrogen-bond donors (Lipinski definition) is 0. The smallest absolute Gasteiger partial charge is 0.243 e. The predicted octanol–water partition coefficient (Wildman–Crippen LogP) is 2.54. The van der Waals surface area contributed by atoms with E-state index in [1.807, 2.05) is 6.07 Å². The fourth-order valence-electron chi connectivity index (χ4n) is 3.27. The van der Waals surface area contributed by atoms with Crippen LogP contribution in [0.2, 0.25) is 0 Å². The number of carbonyl (C=O) groups excluding carboxylic acids is 1. The van der Waals surface area contributed by atoms with Gasteiger partial charge < -0.3 is 4.74 Å². The summed E-state index contributed by atoms with van der Waals surface area (Å²) in [5.41, 5.74) is 1.50. The number of nitrogens with zero attached hydrogens (tertiary/aromatic N) is 2. The maximum absolute atomic E-state index is 13.4. The first kappa shape index (κ1) is 20.4. The molecular weight excluding hydrogens is 383 g/mol. The molecule has 1 fully saturated rings. The van der Waals surface area contributed by atoms with Gasteiger partial charge in [0.15, 0.2) is 5.78 Å². The van der Waals surface area contributed by atoms with Crippen LogP contribution < -0.4 is 4.74 Å². The molecule has 1 saturated heterocycles. The molecule has 1 aliphatic heterocycles. The minimum absolute atomic E-state index is 0.0186. The van der Waals surface area contributed by atoms with E-state index in [2.05, 4.69) is 4.90 Å². The van der Waals surface area contributed by atoms with Gasteiger partial charge in [0.1, 0.15) is 11.6 Å². The van der Waals surface area contributed by atoms with Crippen molar-refractivity contribution in [2.75, 3.05) is 33.3 Å². The summed E-state index contributed by atoms with van der Waals surface area (Å²) < 4.78 is 45.6. The van der Waals surface area contributed by atoms with Crippen LogP contribution in [0.5, 0.6) is 5.75 Å². The van der Waals surface area contributed by atoms with Crippen molar-refractivity contribution in [3.8, 4) is 5.75 Å². The van der Waals surface area contributed by atoms with Crippen molar-refractivity contribution in [1.29, 1.82) is 0 Å². The van der Waals surface area contributed by atoms with Gasteiger partial charge in [-0.25, -0.2) is 12.8 Å². The first-order valence-corrected chi connectivity index (χ1v) is 10.4. The van der Waals surface area contributed by atoms with Crippen molar-refractivity contribution in [3.05, 3.63) is 59.4 Å². The summed E-state index contributed by atoms with van der Waals surface area (Å²) in [5.74, 6) is 0.104. The Morgan fingerprint density at radius 2 is 1.82 bits per heavy atom. The van der Waals surface area contributed by atoms with Crippen molar-refractivity contribution in [2.45, 2.75) is 18.4 Å². The monoisotopic (exact) mass is 406 g/mol. The van der Waals surface area contributed by atoms with Gasteiger partial charge in [-0.2, -0.15) is 4.31 Å². The Morgan fingerprint density at radius 3 is 2.43 bits per heavy atom. The molecule has 0 aliphatic carbocycles. The van der Waals surface area contributed by atoms with Gasteiger partial charge in [-0.15, -0.1) is 0 Å². The molecule has 8 heteroatoms. The molecule has 1 heterocycles. The van der Waals surface area contributed by atoms with E-state index in [4.69, 9.17) is 4.74 Å². The molecule has 3 rings (SSSR count). The van der Waals surface area contributed by atoms with E-state index in [0.29, 0.717) is 44.0 Å². The van der Waals surface area contributed by atoms with Crippen molar-refractivity contribution in [1.82, 2.24) is 9.21 Å². The lowest BCUT2D eigenvalue weighted by molar-refractivity contribution is 0.101. The quantitative estimate of drug-likeness (QED) is 0.690. The summed E-state index contributed by atoms with van der Waals surface area (Å²) in [7, 11) is -2.14. The molecule has 0 amide bonds. The lowest BCUT2D eigenvalue weighted by atomic mass is 10.1. The van der Waals surface area contributed by atoms with E-state index < -0.39 is 15.8 Å². The molecule has 6 nitrogen and oxygen atoms in total. The van der Waals surface area contributed by atoms with Crippen LogP contribution in [0.25, 0.3) is 0 Å². The lowest BCUT2D eigenvalue weighted by Crippen LogP contribution is -2.48. The van der Waals surface area contributed by atoms with Crippen molar-refractivity contribution >= 4 is 15.8 Å². The molecule has 0 aromatic heterocycles. The standard InChI is InChI=1S/C20H23FN2O4S/c1-15(24)16-6-7-20(27-2)17(12-16)14-22-8-10-23(11-9-22)28(25,26)19-5-3-4-18(21)13-19/h3-7,12-13H,8-11,14H2,1-2H3. The number of carbonyl (C=O) groups is 1. The Hall–Kier alpha value is -2.29. The number of rotatable bonds is 6. The highest BCUT2D eigenvalue weighted by Crippen LogP contribution is 2.24. The van der Waals surface area contributed by atoms with Crippen LogP contribution in [0.15, 0.2) is 47.4 Å². The molecule has 0 unspecified atom stereocenters. The SMILES string of the molecule is COc1ccc(C(C)=O)cc1CN1CCN(S(=O)(=O)c2cccc(F)c2)CC1. The number of benzene rings is 2. The number of ketones is 1. The number of Topliss-reactive ketones (excluding diaryl/α,β-unsaturated/α-hetero) is 1. The first-order chi connectivity index (χ1) is 13.3. The van der Waals surface area contributed by atoms with Crippen LogP contribution >= 0.6 is 0 Å². The number of methoxy groups -OCH3 is 1. The number of ether oxygens (including phenoxy) is 1. The normalized spacial score (nSPS) is 16.1. The molecule has 0 bridgehead atoms. The summed E-state index contributed by atoms with van der Waals surface area (Å²) >= 11 is 0. The molecule has 150 valence electrons. The zero-order valence-electron chi connectivity index (χ0n) is 15.9. The fourth-order valence-corrected chi connectivity index (χ4v) is 4.72. The Morgan fingerprint density at radius 1 is 1.11 bits per heavy atom. The Balaban J connectivity index is 1.69.